The summed E-state index contributed by atoms with van der Waals surface area (Å²) in [5.74, 6) is 1.05. The summed E-state index contributed by atoms with van der Waals surface area (Å²) in [6.45, 7) is 3.61. The molecule has 0 fully saturated rings. The summed E-state index contributed by atoms with van der Waals surface area (Å²) in [7, 11) is 1.60. The number of imidazole rings is 1. The number of aryl methyl sites for hydroxylation is 1. The molecule has 1 atom stereocenters. The van der Waals surface area contributed by atoms with E-state index in [-0.39, 0.29) is 18.6 Å². The predicted octanol–water partition coefficient (Wildman–Crippen LogP) is 1.89. The van der Waals surface area contributed by atoms with Gasteiger partial charge in [0.25, 0.3) is 5.91 Å². The van der Waals surface area contributed by atoms with E-state index in [0.717, 1.165) is 11.3 Å². The van der Waals surface area contributed by atoms with Gasteiger partial charge in [-0.3, -0.25) is 4.79 Å². The third-order valence-corrected chi connectivity index (χ3v) is 3.49. The van der Waals surface area contributed by atoms with Crippen LogP contribution in [0.2, 0.25) is 0 Å². The van der Waals surface area contributed by atoms with Crippen LogP contribution in [0.1, 0.15) is 29.5 Å². The van der Waals surface area contributed by atoms with Gasteiger partial charge in [0.05, 0.1) is 19.8 Å². The van der Waals surface area contributed by atoms with Crippen LogP contribution in [-0.4, -0.2) is 40.7 Å². The van der Waals surface area contributed by atoms with Crippen LogP contribution in [0, 0.1) is 6.92 Å². The van der Waals surface area contributed by atoms with Crippen LogP contribution in [0.25, 0.3) is 11.4 Å². The molecule has 1 heterocycles. The lowest BCUT2D eigenvalue weighted by Gasteiger charge is -2.12. The van der Waals surface area contributed by atoms with E-state index in [9.17, 15) is 9.90 Å². The fourth-order valence-corrected chi connectivity index (χ4v) is 2.12. The average Bonchev–Trinajstić information content (AvgIpc) is 2.94. The molecule has 0 aliphatic heterocycles. The number of H-pyrrole nitrogens is 1. The molecular formula is C16H21N3O3. The Kier molecular flexibility index (Phi) is 5.16. The summed E-state index contributed by atoms with van der Waals surface area (Å²) in [6, 6.07) is 7.20. The number of aliphatic hydroxyl groups excluding tert-OH is 1. The second-order valence-corrected chi connectivity index (χ2v) is 5.05. The van der Waals surface area contributed by atoms with Gasteiger partial charge >= 0.3 is 0 Å². The minimum atomic E-state index is -0.288. The Labute approximate surface area is 129 Å². The van der Waals surface area contributed by atoms with Gasteiger partial charge in [0.15, 0.2) is 0 Å². The molecule has 6 nitrogen and oxygen atoms in total. The zero-order valence-corrected chi connectivity index (χ0v) is 13.0. The van der Waals surface area contributed by atoms with Crippen LogP contribution in [0.3, 0.4) is 0 Å². The van der Waals surface area contributed by atoms with Gasteiger partial charge in [0.1, 0.15) is 17.3 Å². The second kappa shape index (κ2) is 7.09. The number of hydrogen-bond acceptors (Lipinski definition) is 4. The molecule has 1 aromatic carbocycles. The number of amides is 1. The number of hydrogen-bond donors (Lipinski definition) is 3. The number of carbonyl (C=O) groups is 1. The zero-order valence-electron chi connectivity index (χ0n) is 13.0. The Morgan fingerprint density at radius 3 is 2.91 bits per heavy atom. The summed E-state index contributed by atoms with van der Waals surface area (Å²) >= 11 is 0. The highest BCUT2D eigenvalue weighted by molar-refractivity contribution is 5.94. The fraction of sp³-hybridized carbons (Fsp3) is 0.375. The van der Waals surface area contributed by atoms with E-state index in [1.807, 2.05) is 31.2 Å². The highest BCUT2D eigenvalue weighted by atomic mass is 16.5. The first-order valence-corrected chi connectivity index (χ1v) is 7.21. The van der Waals surface area contributed by atoms with Crippen molar-refractivity contribution in [3.05, 3.63) is 35.7 Å². The van der Waals surface area contributed by atoms with Crippen LogP contribution in [-0.2, 0) is 0 Å². The summed E-state index contributed by atoms with van der Waals surface area (Å²) in [6.07, 6.45) is 0.661. The normalized spacial score (nSPS) is 12.0. The lowest BCUT2D eigenvalue weighted by Crippen LogP contribution is -2.37. The van der Waals surface area contributed by atoms with Crippen molar-refractivity contribution in [2.45, 2.75) is 26.3 Å². The van der Waals surface area contributed by atoms with Crippen LogP contribution >= 0.6 is 0 Å². The van der Waals surface area contributed by atoms with E-state index in [1.165, 1.54) is 0 Å². The van der Waals surface area contributed by atoms with Gasteiger partial charge < -0.3 is 20.1 Å². The lowest BCUT2D eigenvalue weighted by molar-refractivity contribution is 0.0910. The summed E-state index contributed by atoms with van der Waals surface area (Å²) in [5.41, 5.74) is 1.86. The Morgan fingerprint density at radius 2 is 2.27 bits per heavy atom. The molecule has 118 valence electrons. The van der Waals surface area contributed by atoms with Crippen molar-refractivity contribution < 1.29 is 14.6 Å². The van der Waals surface area contributed by atoms with Crippen LogP contribution in [0.5, 0.6) is 5.75 Å². The highest BCUT2D eigenvalue weighted by Gasteiger charge is 2.18. The largest absolute Gasteiger partial charge is 0.497 e. The average molecular weight is 303 g/mol. The number of aromatic amines is 1. The quantitative estimate of drug-likeness (QED) is 0.760. The number of ether oxygens (including phenoxy) is 1. The van der Waals surface area contributed by atoms with Crippen molar-refractivity contribution in [3.8, 4) is 17.1 Å². The third kappa shape index (κ3) is 3.46. The Hall–Kier alpha value is -2.34. The van der Waals surface area contributed by atoms with Gasteiger partial charge in [0, 0.05) is 11.3 Å². The van der Waals surface area contributed by atoms with Gasteiger partial charge in [-0.2, -0.15) is 0 Å². The molecule has 1 unspecified atom stereocenters. The van der Waals surface area contributed by atoms with Gasteiger partial charge in [0.2, 0.25) is 0 Å². The van der Waals surface area contributed by atoms with E-state index in [2.05, 4.69) is 15.3 Å². The number of benzene rings is 1. The smallest absolute Gasteiger partial charge is 0.272 e. The van der Waals surface area contributed by atoms with Gasteiger partial charge in [-0.15, -0.1) is 0 Å². The molecule has 1 aromatic heterocycles. The first-order valence-electron chi connectivity index (χ1n) is 7.21. The number of rotatable bonds is 6. The standard InChI is InChI=1S/C16H21N3O3/c1-4-12(9-20)18-16(21)14-10(2)17-15(19-14)11-6-5-7-13(8-11)22-3/h5-8,12,20H,4,9H2,1-3H3,(H,17,19)(H,18,21). The van der Waals surface area contributed by atoms with E-state index in [4.69, 9.17) is 4.74 Å². The topological polar surface area (TPSA) is 87.2 Å². The lowest BCUT2D eigenvalue weighted by atomic mass is 10.2. The van der Waals surface area contributed by atoms with E-state index < -0.39 is 0 Å². The second-order valence-electron chi connectivity index (χ2n) is 5.05. The monoisotopic (exact) mass is 303 g/mol. The van der Waals surface area contributed by atoms with Crippen LogP contribution in [0.15, 0.2) is 24.3 Å². The van der Waals surface area contributed by atoms with E-state index >= 15 is 0 Å². The van der Waals surface area contributed by atoms with Gasteiger partial charge in [-0.05, 0) is 25.5 Å². The molecular weight excluding hydrogens is 282 g/mol. The van der Waals surface area contributed by atoms with Crippen molar-refractivity contribution in [1.29, 1.82) is 0 Å². The zero-order chi connectivity index (χ0) is 16.1. The van der Waals surface area contributed by atoms with E-state index in [0.29, 0.717) is 23.6 Å². The van der Waals surface area contributed by atoms with Crippen molar-refractivity contribution in [2.24, 2.45) is 0 Å². The molecule has 2 rings (SSSR count). The molecule has 3 N–H and O–H groups in total. The predicted molar refractivity (Wildman–Crippen MR) is 83.9 cm³/mol. The number of carbonyl (C=O) groups excluding carboxylic acids is 1. The molecule has 0 aliphatic carbocycles. The Morgan fingerprint density at radius 1 is 1.50 bits per heavy atom. The van der Waals surface area contributed by atoms with Crippen molar-refractivity contribution >= 4 is 5.91 Å². The fourth-order valence-electron chi connectivity index (χ4n) is 2.12. The molecule has 0 radical (unpaired) electrons. The Balaban J connectivity index is 2.25. The van der Waals surface area contributed by atoms with Crippen molar-refractivity contribution in [1.82, 2.24) is 15.3 Å². The van der Waals surface area contributed by atoms with Crippen molar-refractivity contribution in [2.75, 3.05) is 13.7 Å². The molecule has 0 aliphatic rings. The minimum Gasteiger partial charge on any atom is -0.497 e. The highest BCUT2D eigenvalue weighted by Crippen LogP contribution is 2.22. The van der Waals surface area contributed by atoms with Crippen molar-refractivity contribution in [3.63, 3.8) is 0 Å². The summed E-state index contributed by atoms with van der Waals surface area (Å²) in [4.78, 5) is 19.7. The number of aromatic nitrogens is 2. The number of methoxy groups -OCH3 is 1. The van der Waals surface area contributed by atoms with Gasteiger partial charge in [-0.25, -0.2) is 4.98 Å². The molecule has 0 spiro atoms. The molecule has 0 saturated carbocycles. The summed E-state index contributed by atoms with van der Waals surface area (Å²) in [5, 5.41) is 11.9. The van der Waals surface area contributed by atoms with E-state index in [1.54, 1.807) is 14.0 Å². The SMILES string of the molecule is CCC(CO)NC(=O)c1nc(-c2cccc(OC)c2)[nH]c1C. The minimum absolute atomic E-state index is 0.0888. The van der Waals surface area contributed by atoms with Crippen LogP contribution < -0.4 is 10.1 Å². The molecule has 0 bridgehead atoms. The number of nitrogens with zero attached hydrogens (tertiary/aromatic N) is 1. The maximum absolute atomic E-state index is 12.2. The Bertz CT molecular complexity index is 648. The first-order chi connectivity index (χ1) is 10.6. The first kappa shape index (κ1) is 16.0. The number of aliphatic hydroxyl groups is 1. The maximum atomic E-state index is 12.2. The third-order valence-electron chi connectivity index (χ3n) is 3.49. The molecule has 6 heteroatoms. The maximum Gasteiger partial charge on any atom is 0.272 e. The van der Waals surface area contributed by atoms with Crippen LogP contribution in [0.4, 0.5) is 0 Å². The van der Waals surface area contributed by atoms with Gasteiger partial charge in [-0.1, -0.05) is 19.1 Å². The molecule has 1 amide bonds. The molecule has 0 saturated heterocycles. The molecule has 2 aromatic rings. The summed E-state index contributed by atoms with van der Waals surface area (Å²) < 4.78 is 5.19. The molecule has 22 heavy (non-hydrogen) atoms. The number of nitrogens with one attached hydrogen (secondary N) is 2.